The van der Waals surface area contributed by atoms with E-state index in [1.54, 1.807) is 35.2 Å². The third kappa shape index (κ3) is 4.56. The summed E-state index contributed by atoms with van der Waals surface area (Å²) in [6.07, 6.45) is 0.566. The third-order valence-electron chi connectivity index (χ3n) is 5.43. The van der Waals surface area contributed by atoms with E-state index in [0.717, 1.165) is 0 Å². The summed E-state index contributed by atoms with van der Waals surface area (Å²) in [5.41, 5.74) is 6.52. The Morgan fingerprint density at radius 3 is 2.54 bits per heavy atom. The summed E-state index contributed by atoms with van der Waals surface area (Å²) < 4.78 is 18.6. The molecule has 0 spiro atoms. The van der Waals surface area contributed by atoms with Gasteiger partial charge in [-0.2, -0.15) is 0 Å². The standard InChI is InChI=1S/C21H24ClFN2O3/c1-21(20(27)14-2-5-16(23)6-3-14)8-10-25(11-9-21)19(26)13-28-18-7-4-15(22)12-17(18)24/h2-7,12,20,27H,8-11,13,24H2,1H3. The molecule has 3 rings (SSSR count). The Hall–Kier alpha value is -2.31. The molecule has 3 N–H and O–H groups in total. The van der Waals surface area contributed by atoms with Gasteiger partial charge in [0.15, 0.2) is 6.61 Å². The second-order valence-corrected chi connectivity index (χ2v) is 7.90. The molecule has 0 aliphatic carbocycles. The number of rotatable bonds is 5. The molecule has 0 bridgehead atoms. The molecule has 0 radical (unpaired) electrons. The maximum absolute atomic E-state index is 13.1. The van der Waals surface area contributed by atoms with Crippen molar-refractivity contribution in [2.24, 2.45) is 5.41 Å². The normalized spacial score (nSPS) is 17.2. The number of piperidine rings is 1. The number of carbonyl (C=O) groups excluding carboxylic acids is 1. The van der Waals surface area contributed by atoms with Crippen LogP contribution < -0.4 is 10.5 Å². The van der Waals surface area contributed by atoms with Crippen LogP contribution in [0.15, 0.2) is 42.5 Å². The number of hydrogen-bond donors (Lipinski definition) is 2. The van der Waals surface area contributed by atoms with Gasteiger partial charge in [0, 0.05) is 23.5 Å². The van der Waals surface area contributed by atoms with Gasteiger partial charge in [0.2, 0.25) is 0 Å². The minimum atomic E-state index is -0.713. The van der Waals surface area contributed by atoms with Gasteiger partial charge in [0.1, 0.15) is 11.6 Å². The molecular formula is C21H24ClFN2O3. The molecule has 1 unspecified atom stereocenters. The van der Waals surface area contributed by atoms with Crippen LogP contribution in [0.3, 0.4) is 0 Å². The first-order valence-electron chi connectivity index (χ1n) is 9.18. The smallest absolute Gasteiger partial charge is 0.260 e. The molecule has 7 heteroatoms. The van der Waals surface area contributed by atoms with Crippen LogP contribution in [0.25, 0.3) is 0 Å². The van der Waals surface area contributed by atoms with Crippen LogP contribution in [0.2, 0.25) is 5.02 Å². The number of carbonyl (C=O) groups is 1. The van der Waals surface area contributed by atoms with Gasteiger partial charge < -0.3 is 20.5 Å². The van der Waals surface area contributed by atoms with Crippen molar-refractivity contribution in [2.75, 3.05) is 25.4 Å². The number of aliphatic hydroxyl groups is 1. The molecule has 2 aromatic carbocycles. The fourth-order valence-corrected chi connectivity index (χ4v) is 3.65. The van der Waals surface area contributed by atoms with E-state index in [2.05, 4.69) is 0 Å². The summed E-state index contributed by atoms with van der Waals surface area (Å²) in [4.78, 5) is 14.2. The van der Waals surface area contributed by atoms with Crippen molar-refractivity contribution in [1.29, 1.82) is 0 Å². The third-order valence-corrected chi connectivity index (χ3v) is 5.66. The molecule has 28 heavy (non-hydrogen) atoms. The number of nitrogens with two attached hydrogens (primary N) is 1. The lowest BCUT2D eigenvalue weighted by Gasteiger charge is -2.42. The van der Waals surface area contributed by atoms with Crippen LogP contribution >= 0.6 is 11.6 Å². The van der Waals surface area contributed by atoms with Crippen LogP contribution in [-0.2, 0) is 4.79 Å². The minimum absolute atomic E-state index is 0.108. The molecule has 1 aliphatic heterocycles. The van der Waals surface area contributed by atoms with E-state index < -0.39 is 6.10 Å². The molecule has 0 saturated carbocycles. The number of likely N-dealkylation sites (tertiary alicyclic amines) is 1. The van der Waals surface area contributed by atoms with Gasteiger partial charge in [-0.15, -0.1) is 0 Å². The van der Waals surface area contributed by atoms with Crippen molar-refractivity contribution in [3.63, 3.8) is 0 Å². The summed E-state index contributed by atoms with van der Waals surface area (Å²) in [7, 11) is 0. The minimum Gasteiger partial charge on any atom is -0.482 e. The molecule has 2 aromatic rings. The first-order valence-corrected chi connectivity index (χ1v) is 9.55. The van der Waals surface area contributed by atoms with Crippen molar-refractivity contribution in [1.82, 2.24) is 4.90 Å². The van der Waals surface area contributed by atoms with Crippen molar-refractivity contribution in [3.8, 4) is 5.75 Å². The van der Waals surface area contributed by atoms with Gasteiger partial charge in [-0.05, 0) is 48.7 Å². The van der Waals surface area contributed by atoms with Crippen molar-refractivity contribution in [3.05, 3.63) is 58.9 Å². The largest absolute Gasteiger partial charge is 0.482 e. The Balaban J connectivity index is 1.55. The number of benzene rings is 2. The highest BCUT2D eigenvalue weighted by Crippen LogP contribution is 2.42. The van der Waals surface area contributed by atoms with Crippen LogP contribution in [0, 0.1) is 11.2 Å². The van der Waals surface area contributed by atoms with Gasteiger partial charge in [0.25, 0.3) is 5.91 Å². The Labute approximate surface area is 168 Å². The highest BCUT2D eigenvalue weighted by atomic mass is 35.5. The Morgan fingerprint density at radius 1 is 1.29 bits per heavy atom. The molecule has 1 aliphatic rings. The molecule has 1 saturated heterocycles. The lowest BCUT2D eigenvalue weighted by atomic mass is 9.73. The van der Waals surface area contributed by atoms with E-state index in [-0.39, 0.29) is 23.7 Å². The topological polar surface area (TPSA) is 75.8 Å². The van der Waals surface area contributed by atoms with Crippen LogP contribution in [0.5, 0.6) is 5.75 Å². The van der Waals surface area contributed by atoms with Crippen molar-refractivity contribution < 1.29 is 19.0 Å². The number of hydrogen-bond acceptors (Lipinski definition) is 4. The highest BCUT2D eigenvalue weighted by molar-refractivity contribution is 6.30. The molecule has 150 valence electrons. The number of amides is 1. The van der Waals surface area contributed by atoms with Gasteiger partial charge in [0.05, 0.1) is 11.8 Å². The first kappa shape index (κ1) is 20.4. The van der Waals surface area contributed by atoms with E-state index in [0.29, 0.717) is 48.0 Å². The van der Waals surface area contributed by atoms with Crippen molar-refractivity contribution in [2.45, 2.75) is 25.9 Å². The molecule has 1 heterocycles. The average Bonchev–Trinajstić information content (AvgIpc) is 2.67. The Bertz CT molecular complexity index is 836. The van der Waals surface area contributed by atoms with Crippen LogP contribution in [0.1, 0.15) is 31.4 Å². The quantitative estimate of drug-likeness (QED) is 0.740. The predicted octanol–water partition coefficient (Wildman–Crippen LogP) is 3.80. The number of halogens is 2. The monoisotopic (exact) mass is 406 g/mol. The summed E-state index contributed by atoms with van der Waals surface area (Å²) in [5.74, 6) is -0.0400. The van der Waals surface area contributed by atoms with Gasteiger partial charge in [-0.3, -0.25) is 4.79 Å². The predicted molar refractivity (Wildman–Crippen MR) is 107 cm³/mol. The maximum Gasteiger partial charge on any atom is 0.260 e. The second kappa shape index (κ2) is 8.37. The first-order chi connectivity index (χ1) is 13.3. The Morgan fingerprint density at radius 2 is 1.93 bits per heavy atom. The molecule has 5 nitrogen and oxygen atoms in total. The summed E-state index contributed by atoms with van der Waals surface area (Å²) in [6, 6.07) is 10.8. The number of ether oxygens (including phenoxy) is 1. The lowest BCUT2D eigenvalue weighted by Crippen LogP contribution is -2.45. The summed E-state index contributed by atoms with van der Waals surface area (Å²) in [5, 5.41) is 11.3. The van der Waals surface area contributed by atoms with E-state index in [1.807, 2.05) is 6.92 Å². The van der Waals surface area contributed by atoms with E-state index >= 15 is 0 Å². The summed E-state index contributed by atoms with van der Waals surface area (Å²) in [6.45, 7) is 2.93. The SMILES string of the molecule is CC1(C(O)c2ccc(F)cc2)CCN(C(=O)COc2ccc(Cl)cc2N)CC1. The van der Waals surface area contributed by atoms with Gasteiger partial charge >= 0.3 is 0 Å². The van der Waals surface area contributed by atoms with Gasteiger partial charge in [-0.25, -0.2) is 4.39 Å². The van der Waals surface area contributed by atoms with Gasteiger partial charge in [-0.1, -0.05) is 30.7 Å². The van der Waals surface area contributed by atoms with E-state index in [4.69, 9.17) is 22.1 Å². The van der Waals surface area contributed by atoms with Crippen LogP contribution in [-0.4, -0.2) is 35.6 Å². The average molecular weight is 407 g/mol. The highest BCUT2D eigenvalue weighted by Gasteiger charge is 2.38. The number of aliphatic hydroxyl groups excluding tert-OH is 1. The number of nitrogen functional groups attached to an aromatic ring is 1. The van der Waals surface area contributed by atoms with E-state index in [9.17, 15) is 14.3 Å². The fraction of sp³-hybridized carbons (Fsp3) is 0.381. The molecule has 1 amide bonds. The molecule has 1 fully saturated rings. The molecular weight excluding hydrogens is 383 g/mol. The van der Waals surface area contributed by atoms with Crippen molar-refractivity contribution >= 4 is 23.2 Å². The zero-order valence-corrected chi connectivity index (χ0v) is 16.5. The zero-order chi connectivity index (χ0) is 20.3. The van der Waals surface area contributed by atoms with E-state index in [1.165, 1.54) is 12.1 Å². The number of nitrogens with zero attached hydrogens (tertiary/aromatic N) is 1. The Kier molecular flexibility index (Phi) is 6.10. The maximum atomic E-state index is 13.1. The second-order valence-electron chi connectivity index (χ2n) is 7.46. The lowest BCUT2D eigenvalue weighted by molar-refractivity contribution is -0.137. The van der Waals surface area contributed by atoms with Crippen LogP contribution in [0.4, 0.5) is 10.1 Å². The summed E-state index contributed by atoms with van der Waals surface area (Å²) >= 11 is 5.86. The molecule has 1 atom stereocenters. The number of anilines is 1. The fourth-order valence-electron chi connectivity index (χ4n) is 3.47. The zero-order valence-electron chi connectivity index (χ0n) is 15.7. The molecule has 0 aromatic heterocycles.